The van der Waals surface area contributed by atoms with Crippen LogP contribution in [0.1, 0.15) is 12.8 Å². The van der Waals surface area contributed by atoms with Crippen LogP contribution in [0.3, 0.4) is 0 Å². The molecule has 23 heavy (non-hydrogen) atoms. The van der Waals surface area contributed by atoms with Gasteiger partial charge in [0.15, 0.2) is 0 Å². The van der Waals surface area contributed by atoms with Crippen LogP contribution in [0.2, 0.25) is 0 Å². The summed E-state index contributed by atoms with van der Waals surface area (Å²) in [6, 6.07) is 17.0. The van der Waals surface area contributed by atoms with Gasteiger partial charge in [-0.2, -0.15) is 4.31 Å². The Bertz CT molecular complexity index is 754. The van der Waals surface area contributed by atoms with E-state index in [0.717, 1.165) is 37.1 Å². The van der Waals surface area contributed by atoms with Crippen LogP contribution in [0.25, 0.3) is 11.1 Å². The van der Waals surface area contributed by atoms with Crippen LogP contribution in [0.5, 0.6) is 0 Å². The van der Waals surface area contributed by atoms with Crippen LogP contribution in [0.4, 0.5) is 0 Å². The van der Waals surface area contributed by atoms with Crippen molar-refractivity contribution >= 4 is 10.0 Å². The summed E-state index contributed by atoms with van der Waals surface area (Å²) in [5.41, 5.74) is 1.68. The van der Waals surface area contributed by atoms with Gasteiger partial charge >= 0.3 is 0 Å². The van der Waals surface area contributed by atoms with E-state index in [2.05, 4.69) is 5.32 Å². The molecule has 1 saturated heterocycles. The van der Waals surface area contributed by atoms with E-state index in [-0.39, 0.29) is 6.04 Å². The van der Waals surface area contributed by atoms with E-state index in [4.69, 9.17) is 0 Å². The number of benzene rings is 2. The Morgan fingerprint density at radius 1 is 0.957 bits per heavy atom. The zero-order chi connectivity index (χ0) is 16.3. The summed E-state index contributed by atoms with van der Waals surface area (Å²) in [7, 11) is -1.81. The van der Waals surface area contributed by atoms with Gasteiger partial charge in [0.25, 0.3) is 0 Å². The van der Waals surface area contributed by atoms with Crippen molar-refractivity contribution in [1.29, 1.82) is 0 Å². The van der Waals surface area contributed by atoms with Crippen molar-refractivity contribution in [2.75, 3.05) is 20.1 Å². The summed E-state index contributed by atoms with van der Waals surface area (Å²) in [5.74, 6) is 0. The number of nitrogens with one attached hydrogen (secondary N) is 1. The van der Waals surface area contributed by atoms with Crippen LogP contribution < -0.4 is 5.32 Å². The summed E-state index contributed by atoms with van der Waals surface area (Å²) in [6.07, 6.45) is 1.70. The van der Waals surface area contributed by atoms with Gasteiger partial charge in [0.2, 0.25) is 10.0 Å². The number of sulfonamides is 1. The standard InChI is InChI=1S/C18H22N2O2S/c1-20(16-11-13-19-14-12-16)23(21,22)18-10-6-5-9-17(18)15-7-3-2-4-8-15/h2-10,16,19H,11-14H2,1H3. The molecule has 0 bridgehead atoms. The van der Waals surface area contributed by atoms with Crippen molar-refractivity contribution in [3.63, 3.8) is 0 Å². The SMILES string of the molecule is CN(C1CCNCC1)S(=O)(=O)c1ccccc1-c1ccccc1. The molecular formula is C18H22N2O2S. The minimum absolute atomic E-state index is 0.0603. The van der Waals surface area contributed by atoms with Crippen molar-refractivity contribution in [3.05, 3.63) is 54.6 Å². The molecule has 0 aliphatic carbocycles. The molecule has 1 aliphatic heterocycles. The van der Waals surface area contributed by atoms with E-state index in [1.807, 2.05) is 42.5 Å². The molecule has 0 amide bonds. The van der Waals surface area contributed by atoms with Gasteiger partial charge in [-0.15, -0.1) is 0 Å². The second-order valence-electron chi connectivity index (χ2n) is 5.86. The van der Waals surface area contributed by atoms with Crippen LogP contribution >= 0.6 is 0 Å². The van der Waals surface area contributed by atoms with Crippen molar-refractivity contribution in [1.82, 2.24) is 9.62 Å². The molecular weight excluding hydrogens is 308 g/mol. The van der Waals surface area contributed by atoms with E-state index in [1.165, 1.54) is 0 Å². The number of piperidine rings is 1. The highest BCUT2D eigenvalue weighted by molar-refractivity contribution is 7.89. The molecule has 1 N–H and O–H groups in total. The molecule has 2 aromatic rings. The minimum Gasteiger partial charge on any atom is -0.317 e. The van der Waals surface area contributed by atoms with Gasteiger partial charge in [-0.25, -0.2) is 8.42 Å². The number of rotatable bonds is 4. The molecule has 2 aromatic carbocycles. The molecule has 3 rings (SSSR count). The van der Waals surface area contributed by atoms with Crippen LogP contribution in [0, 0.1) is 0 Å². The zero-order valence-electron chi connectivity index (χ0n) is 13.3. The second-order valence-corrected chi connectivity index (χ2v) is 7.83. The Morgan fingerprint density at radius 3 is 2.26 bits per heavy atom. The van der Waals surface area contributed by atoms with E-state index in [9.17, 15) is 8.42 Å². The zero-order valence-corrected chi connectivity index (χ0v) is 14.1. The monoisotopic (exact) mass is 330 g/mol. The fraction of sp³-hybridized carbons (Fsp3) is 0.333. The Kier molecular flexibility index (Phi) is 4.80. The first-order valence-corrected chi connectivity index (χ1v) is 9.38. The van der Waals surface area contributed by atoms with E-state index in [0.29, 0.717) is 4.90 Å². The van der Waals surface area contributed by atoms with Gasteiger partial charge < -0.3 is 5.32 Å². The maximum Gasteiger partial charge on any atom is 0.243 e. The first-order valence-electron chi connectivity index (χ1n) is 7.94. The molecule has 0 unspecified atom stereocenters. The van der Waals surface area contributed by atoms with Crippen LogP contribution in [-0.4, -0.2) is 38.9 Å². The third-order valence-electron chi connectivity index (χ3n) is 4.45. The lowest BCUT2D eigenvalue weighted by molar-refractivity contribution is 0.296. The van der Waals surface area contributed by atoms with Gasteiger partial charge in [-0.05, 0) is 37.6 Å². The second kappa shape index (κ2) is 6.83. The van der Waals surface area contributed by atoms with Crippen molar-refractivity contribution < 1.29 is 8.42 Å². The van der Waals surface area contributed by atoms with Crippen LogP contribution in [0.15, 0.2) is 59.5 Å². The van der Waals surface area contributed by atoms with Crippen molar-refractivity contribution in [3.8, 4) is 11.1 Å². The van der Waals surface area contributed by atoms with E-state index >= 15 is 0 Å². The number of nitrogens with zero attached hydrogens (tertiary/aromatic N) is 1. The maximum atomic E-state index is 13.1. The highest BCUT2D eigenvalue weighted by Crippen LogP contribution is 2.30. The molecule has 1 fully saturated rings. The first-order chi connectivity index (χ1) is 11.1. The van der Waals surface area contributed by atoms with Gasteiger partial charge in [0, 0.05) is 18.7 Å². The number of hydrogen-bond donors (Lipinski definition) is 1. The lowest BCUT2D eigenvalue weighted by Gasteiger charge is -2.31. The molecule has 4 nitrogen and oxygen atoms in total. The average molecular weight is 330 g/mol. The van der Waals surface area contributed by atoms with E-state index in [1.54, 1.807) is 23.5 Å². The van der Waals surface area contributed by atoms with Gasteiger partial charge in [-0.1, -0.05) is 48.5 Å². The largest absolute Gasteiger partial charge is 0.317 e. The summed E-state index contributed by atoms with van der Waals surface area (Å²) >= 11 is 0. The Hall–Kier alpha value is -1.69. The Labute approximate surface area is 138 Å². The molecule has 1 aliphatic rings. The van der Waals surface area contributed by atoms with Crippen LogP contribution in [-0.2, 0) is 10.0 Å². The van der Waals surface area contributed by atoms with Crippen molar-refractivity contribution in [2.45, 2.75) is 23.8 Å². The quantitative estimate of drug-likeness (QED) is 0.938. The number of hydrogen-bond acceptors (Lipinski definition) is 3. The fourth-order valence-corrected chi connectivity index (χ4v) is 4.70. The minimum atomic E-state index is -3.51. The van der Waals surface area contributed by atoms with Crippen molar-refractivity contribution in [2.24, 2.45) is 0 Å². The summed E-state index contributed by atoms with van der Waals surface area (Å²) < 4.78 is 27.8. The molecule has 0 aromatic heterocycles. The first kappa shape index (κ1) is 16.2. The maximum absolute atomic E-state index is 13.1. The molecule has 5 heteroatoms. The topological polar surface area (TPSA) is 49.4 Å². The predicted molar refractivity (Wildman–Crippen MR) is 92.7 cm³/mol. The summed E-state index contributed by atoms with van der Waals surface area (Å²) in [6.45, 7) is 1.73. The molecule has 122 valence electrons. The Balaban J connectivity index is 2.00. The highest BCUT2D eigenvalue weighted by atomic mass is 32.2. The average Bonchev–Trinajstić information content (AvgIpc) is 2.62. The smallest absolute Gasteiger partial charge is 0.243 e. The fourth-order valence-electron chi connectivity index (χ4n) is 3.07. The molecule has 0 atom stereocenters. The Morgan fingerprint density at radius 2 is 1.57 bits per heavy atom. The van der Waals surface area contributed by atoms with Gasteiger partial charge in [-0.3, -0.25) is 0 Å². The summed E-state index contributed by atoms with van der Waals surface area (Å²) in [4.78, 5) is 0.382. The normalized spacial score (nSPS) is 16.6. The molecule has 0 saturated carbocycles. The summed E-state index contributed by atoms with van der Waals surface area (Å²) in [5, 5.41) is 3.28. The third kappa shape index (κ3) is 3.32. The molecule has 1 heterocycles. The van der Waals surface area contributed by atoms with Gasteiger partial charge in [0.1, 0.15) is 0 Å². The lowest BCUT2D eigenvalue weighted by Crippen LogP contribution is -2.43. The molecule has 0 radical (unpaired) electrons. The third-order valence-corrected chi connectivity index (χ3v) is 6.42. The highest BCUT2D eigenvalue weighted by Gasteiger charge is 2.30. The van der Waals surface area contributed by atoms with E-state index < -0.39 is 10.0 Å². The molecule has 0 spiro atoms. The lowest BCUT2D eigenvalue weighted by atomic mass is 10.1. The van der Waals surface area contributed by atoms with Gasteiger partial charge in [0.05, 0.1) is 4.90 Å². The predicted octanol–water partition coefficient (Wildman–Crippen LogP) is 2.73.